The number of rotatable bonds is 4. The second kappa shape index (κ2) is 6.64. The maximum Gasteiger partial charge on any atom is 0.293 e. The highest BCUT2D eigenvalue weighted by molar-refractivity contribution is 5.65. The third kappa shape index (κ3) is 3.33. The molecule has 1 saturated heterocycles. The molecule has 1 aromatic heterocycles. The van der Waals surface area contributed by atoms with E-state index >= 15 is 0 Å². The van der Waals surface area contributed by atoms with Crippen LogP contribution in [0.1, 0.15) is 17.3 Å². The first-order chi connectivity index (χ1) is 11.6. The number of aromatic nitrogens is 2. The van der Waals surface area contributed by atoms with Crippen LogP contribution in [0, 0.1) is 28.4 Å². The van der Waals surface area contributed by atoms with Gasteiger partial charge >= 0.3 is 0 Å². The Balaban J connectivity index is 1.68. The Kier molecular flexibility index (Phi) is 4.39. The van der Waals surface area contributed by atoms with Crippen molar-refractivity contribution in [2.75, 3.05) is 31.1 Å². The Hall–Kier alpha value is -2.99. The molecule has 0 amide bonds. The summed E-state index contributed by atoms with van der Waals surface area (Å²) >= 11 is 0. The van der Waals surface area contributed by atoms with Crippen LogP contribution in [0.3, 0.4) is 0 Å². The average molecular weight is 328 g/mol. The van der Waals surface area contributed by atoms with Crippen LogP contribution in [0.25, 0.3) is 0 Å². The number of aryl methyl sites for hydroxylation is 1. The lowest BCUT2D eigenvalue weighted by atomic mass is 10.1. The van der Waals surface area contributed by atoms with Gasteiger partial charge in [0.25, 0.3) is 5.69 Å². The molecule has 124 valence electrons. The van der Waals surface area contributed by atoms with Gasteiger partial charge in [0.15, 0.2) is 5.82 Å². The van der Waals surface area contributed by atoms with Crippen LogP contribution in [0.2, 0.25) is 0 Å². The van der Waals surface area contributed by atoms with Gasteiger partial charge in [0, 0.05) is 39.2 Å². The van der Waals surface area contributed by atoms with Crippen LogP contribution in [-0.4, -0.2) is 46.1 Å². The van der Waals surface area contributed by atoms with Crippen molar-refractivity contribution in [3.05, 3.63) is 45.6 Å². The number of piperazine rings is 1. The molecule has 0 aliphatic carbocycles. The number of hydrogen-bond acceptors (Lipinski definition) is 8. The molecule has 1 aliphatic rings. The lowest BCUT2D eigenvalue weighted by molar-refractivity contribution is -0.384. The quantitative estimate of drug-likeness (QED) is 0.612. The van der Waals surface area contributed by atoms with Gasteiger partial charge in [-0.25, -0.2) is 0 Å². The molecule has 0 atom stereocenters. The highest BCUT2D eigenvalue weighted by Crippen LogP contribution is 2.30. The molecule has 2 heterocycles. The average Bonchev–Trinajstić information content (AvgIpc) is 3.00. The van der Waals surface area contributed by atoms with E-state index in [1.807, 2.05) is 11.0 Å². The Labute approximate surface area is 138 Å². The molecule has 24 heavy (non-hydrogen) atoms. The van der Waals surface area contributed by atoms with Gasteiger partial charge in [-0.1, -0.05) is 5.16 Å². The standard InChI is InChI=1S/C15H16N6O3/c1-11-17-15(18-24-11)10-19-4-6-20(7-5-19)13-3-2-12(9-16)8-14(13)21(22)23/h2-3,8H,4-7,10H2,1H3. The second-order valence-corrected chi connectivity index (χ2v) is 5.57. The van der Waals surface area contributed by atoms with E-state index in [0.29, 0.717) is 37.0 Å². The second-order valence-electron chi connectivity index (χ2n) is 5.57. The molecule has 3 rings (SSSR count). The Morgan fingerprint density at radius 1 is 1.38 bits per heavy atom. The monoisotopic (exact) mass is 328 g/mol. The van der Waals surface area contributed by atoms with E-state index in [9.17, 15) is 10.1 Å². The molecule has 9 heteroatoms. The molecule has 2 aromatic rings. The molecule has 0 radical (unpaired) electrons. The van der Waals surface area contributed by atoms with Crippen LogP contribution in [0.5, 0.6) is 0 Å². The number of hydrogen-bond donors (Lipinski definition) is 0. The number of nitro benzene ring substituents is 1. The third-order valence-corrected chi connectivity index (χ3v) is 3.95. The van der Waals surface area contributed by atoms with E-state index in [4.69, 9.17) is 9.78 Å². The predicted octanol–water partition coefficient (Wildman–Crippen LogP) is 1.48. The summed E-state index contributed by atoms with van der Waals surface area (Å²) in [7, 11) is 0. The lowest BCUT2D eigenvalue weighted by Gasteiger charge is -2.35. The Morgan fingerprint density at radius 2 is 2.12 bits per heavy atom. The molecule has 0 N–H and O–H groups in total. The van der Waals surface area contributed by atoms with E-state index in [-0.39, 0.29) is 11.3 Å². The van der Waals surface area contributed by atoms with Crippen molar-refractivity contribution < 1.29 is 9.45 Å². The van der Waals surface area contributed by atoms with Gasteiger partial charge in [-0.2, -0.15) is 10.2 Å². The van der Waals surface area contributed by atoms with Crippen molar-refractivity contribution in [2.45, 2.75) is 13.5 Å². The summed E-state index contributed by atoms with van der Waals surface area (Å²) < 4.78 is 4.96. The molecule has 0 unspecified atom stereocenters. The first-order valence-corrected chi connectivity index (χ1v) is 7.52. The van der Waals surface area contributed by atoms with Crippen LogP contribution >= 0.6 is 0 Å². The molecule has 0 saturated carbocycles. The van der Waals surface area contributed by atoms with E-state index in [0.717, 1.165) is 13.1 Å². The van der Waals surface area contributed by atoms with Gasteiger partial charge in [0.05, 0.1) is 23.1 Å². The Bertz CT molecular complexity index is 789. The van der Waals surface area contributed by atoms with Crippen molar-refractivity contribution in [1.29, 1.82) is 5.26 Å². The van der Waals surface area contributed by atoms with E-state index in [2.05, 4.69) is 15.0 Å². The van der Waals surface area contributed by atoms with Gasteiger partial charge in [0.1, 0.15) is 5.69 Å². The highest BCUT2D eigenvalue weighted by atomic mass is 16.6. The molecule has 0 bridgehead atoms. The molecular weight excluding hydrogens is 312 g/mol. The zero-order valence-corrected chi connectivity index (χ0v) is 13.2. The maximum absolute atomic E-state index is 11.3. The summed E-state index contributed by atoms with van der Waals surface area (Å²) in [6.45, 7) is 5.14. The summed E-state index contributed by atoms with van der Waals surface area (Å²) in [6.07, 6.45) is 0. The topological polar surface area (TPSA) is 112 Å². The zero-order valence-electron chi connectivity index (χ0n) is 13.2. The molecular formula is C15H16N6O3. The molecule has 1 aromatic carbocycles. The predicted molar refractivity (Wildman–Crippen MR) is 84.3 cm³/mol. The summed E-state index contributed by atoms with van der Waals surface area (Å²) in [5, 5.41) is 24.1. The minimum Gasteiger partial charge on any atom is -0.363 e. The first kappa shape index (κ1) is 15.9. The molecule has 9 nitrogen and oxygen atoms in total. The van der Waals surface area contributed by atoms with Gasteiger partial charge < -0.3 is 9.42 Å². The number of nitro groups is 1. The van der Waals surface area contributed by atoms with Crippen LogP contribution < -0.4 is 4.90 Å². The van der Waals surface area contributed by atoms with Gasteiger partial charge in [-0.15, -0.1) is 0 Å². The maximum atomic E-state index is 11.3. The van der Waals surface area contributed by atoms with E-state index in [1.165, 1.54) is 6.07 Å². The largest absolute Gasteiger partial charge is 0.363 e. The van der Waals surface area contributed by atoms with Crippen molar-refractivity contribution >= 4 is 11.4 Å². The minimum atomic E-state index is -0.440. The zero-order chi connectivity index (χ0) is 17.1. The van der Waals surface area contributed by atoms with Crippen molar-refractivity contribution in [3.63, 3.8) is 0 Å². The smallest absolute Gasteiger partial charge is 0.293 e. The molecule has 0 spiro atoms. The van der Waals surface area contributed by atoms with Crippen LogP contribution in [0.4, 0.5) is 11.4 Å². The SMILES string of the molecule is Cc1nc(CN2CCN(c3ccc(C#N)cc3[N+](=O)[O-])CC2)no1. The van der Waals surface area contributed by atoms with Crippen molar-refractivity contribution in [2.24, 2.45) is 0 Å². The summed E-state index contributed by atoms with van der Waals surface area (Å²) in [4.78, 5) is 19.2. The number of anilines is 1. The molecule has 1 aliphatic heterocycles. The van der Waals surface area contributed by atoms with E-state index < -0.39 is 4.92 Å². The summed E-state index contributed by atoms with van der Waals surface area (Å²) in [5.74, 6) is 1.18. The van der Waals surface area contributed by atoms with Crippen molar-refractivity contribution in [1.82, 2.24) is 15.0 Å². The van der Waals surface area contributed by atoms with Crippen LogP contribution in [-0.2, 0) is 6.54 Å². The number of nitriles is 1. The normalized spacial score (nSPS) is 15.2. The number of benzene rings is 1. The first-order valence-electron chi connectivity index (χ1n) is 7.52. The fourth-order valence-electron chi connectivity index (χ4n) is 2.76. The van der Waals surface area contributed by atoms with Gasteiger partial charge in [-0.3, -0.25) is 15.0 Å². The van der Waals surface area contributed by atoms with Gasteiger partial charge in [-0.05, 0) is 12.1 Å². The fourth-order valence-corrected chi connectivity index (χ4v) is 2.76. The number of nitrogens with zero attached hydrogens (tertiary/aromatic N) is 6. The van der Waals surface area contributed by atoms with Crippen LogP contribution in [0.15, 0.2) is 22.7 Å². The van der Waals surface area contributed by atoms with Gasteiger partial charge in [0.2, 0.25) is 5.89 Å². The molecule has 1 fully saturated rings. The van der Waals surface area contributed by atoms with Crippen molar-refractivity contribution in [3.8, 4) is 6.07 Å². The Morgan fingerprint density at radius 3 is 2.71 bits per heavy atom. The lowest BCUT2D eigenvalue weighted by Crippen LogP contribution is -2.46. The summed E-state index contributed by atoms with van der Waals surface area (Å²) in [5.41, 5.74) is 0.807. The van der Waals surface area contributed by atoms with E-state index in [1.54, 1.807) is 19.1 Å². The third-order valence-electron chi connectivity index (χ3n) is 3.95. The summed E-state index contributed by atoms with van der Waals surface area (Å²) in [6, 6.07) is 6.51. The minimum absolute atomic E-state index is 0.0312. The highest BCUT2D eigenvalue weighted by Gasteiger charge is 2.24. The fraction of sp³-hybridized carbons (Fsp3) is 0.400.